The minimum atomic E-state index is 0.0971. The first kappa shape index (κ1) is 15.3. The number of hydrogen-bond donors (Lipinski definition) is 1. The standard InChI is InChI=1S/C16H18Br2N2O/c17-13-7-11(9-20-12-1-2-12)8-14(18)15(13)21-10-16(3-4-16)5-6-19/h7-8,12,20H,1-5,9-10H2. The first-order chi connectivity index (χ1) is 10.1. The summed E-state index contributed by atoms with van der Waals surface area (Å²) in [7, 11) is 0. The molecule has 5 heteroatoms. The molecule has 0 aliphatic heterocycles. The summed E-state index contributed by atoms with van der Waals surface area (Å²) < 4.78 is 7.91. The Morgan fingerprint density at radius 3 is 2.48 bits per heavy atom. The van der Waals surface area contributed by atoms with Crippen LogP contribution in [0.4, 0.5) is 0 Å². The van der Waals surface area contributed by atoms with Crippen LogP contribution in [0.5, 0.6) is 5.75 Å². The molecule has 1 N–H and O–H groups in total. The number of nitrogens with one attached hydrogen (secondary N) is 1. The lowest BCUT2D eigenvalue weighted by molar-refractivity contribution is 0.234. The summed E-state index contributed by atoms with van der Waals surface area (Å²) in [6.45, 7) is 1.51. The van der Waals surface area contributed by atoms with Gasteiger partial charge in [-0.1, -0.05) is 0 Å². The van der Waals surface area contributed by atoms with E-state index in [4.69, 9.17) is 10.00 Å². The van der Waals surface area contributed by atoms with E-state index in [9.17, 15) is 0 Å². The molecular formula is C16H18Br2N2O. The van der Waals surface area contributed by atoms with Crippen molar-refractivity contribution in [2.24, 2.45) is 5.41 Å². The number of nitriles is 1. The van der Waals surface area contributed by atoms with Gasteiger partial charge in [-0.2, -0.15) is 5.26 Å². The lowest BCUT2D eigenvalue weighted by Gasteiger charge is -2.16. The molecule has 2 fully saturated rings. The Hall–Kier alpha value is -0.570. The first-order valence-corrected chi connectivity index (χ1v) is 8.92. The molecule has 0 saturated heterocycles. The Kier molecular flexibility index (Phi) is 4.58. The fraction of sp³-hybridized carbons (Fsp3) is 0.562. The fourth-order valence-corrected chi connectivity index (χ4v) is 3.85. The molecule has 0 aromatic heterocycles. The molecule has 2 aliphatic carbocycles. The van der Waals surface area contributed by atoms with Crippen molar-refractivity contribution < 1.29 is 4.74 Å². The molecule has 0 atom stereocenters. The molecule has 0 bridgehead atoms. The number of halogens is 2. The molecule has 3 nitrogen and oxygen atoms in total. The highest BCUT2D eigenvalue weighted by Gasteiger charge is 2.43. The van der Waals surface area contributed by atoms with Gasteiger partial charge >= 0.3 is 0 Å². The Morgan fingerprint density at radius 1 is 1.29 bits per heavy atom. The number of ether oxygens (including phenoxy) is 1. The molecule has 3 rings (SSSR count). The van der Waals surface area contributed by atoms with Gasteiger partial charge in [-0.3, -0.25) is 0 Å². The van der Waals surface area contributed by atoms with Crippen molar-refractivity contribution >= 4 is 31.9 Å². The predicted octanol–water partition coefficient (Wildman–Crippen LogP) is 4.54. The van der Waals surface area contributed by atoms with Crippen LogP contribution in [-0.4, -0.2) is 12.6 Å². The summed E-state index contributed by atoms with van der Waals surface area (Å²) in [5.74, 6) is 0.842. The van der Waals surface area contributed by atoms with Crippen LogP contribution in [0.15, 0.2) is 21.1 Å². The summed E-state index contributed by atoms with van der Waals surface area (Å²) in [5.41, 5.74) is 1.34. The van der Waals surface area contributed by atoms with Gasteiger partial charge in [0, 0.05) is 24.4 Å². The zero-order valence-corrected chi connectivity index (χ0v) is 15.0. The second-order valence-corrected chi connectivity index (χ2v) is 7.88. The summed E-state index contributed by atoms with van der Waals surface area (Å²) in [5, 5.41) is 12.4. The molecule has 0 unspecified atom stereocenters. The minimum absolute atomic E-state index is 0.0971. The van der Waals surface area contributed by atoms with E-state index in [2.05, 4.69) is 55.4 Å². The third-order valence-corrected chi connectivity index (χ3v) is 5.34. The van der Waals surface area contributed by atoms with Gasteiger partial charge in [-0.05, 0) is 75.2 Å². The first-order valence-electron chi connectivity index (χ1n) is 7.33. The molecule has 1 aromatic rings. The van der Waals surface area contributed by atoms with E-state index < -0.39 is 0 Å². The van der Waals surface area contributed by atoms with Crippen LogP contribution >= 0.6 is 31.9 Å². The third kappa shape index (κ3) is 4.00. The number of nitrogens with zero attached hydrogens (tertiary/aromatic N) is 1. The Morgan fingerprint density at radius 2 is 1.95 bits per heavy atom. The lowest BCUT2D eigenvalue weighted by Crippen LogP contribution is -2.16. The average molecular weight is 414 g/mol. The van der Waals surface area contributed by atoms with E-state index in [0.717, 1.165) is 34.1 Å². The van der Waals surface area contributed by atoms with Crippen LogP contribution < -0.4 is 10.1 Å². The Bertz CT molecular complexity index is 551. The maximum Gasteiger partial charge on any atom is 0.147 e. The van der Waals surface area contributed by atoms with Crippen LogP contribution in [0, 0.1) is 16.7 Å². The molecule has 0 heterocycles. The zero-order chi connectivity index (χ0) is 14.9. The topological polar surface area (TPSA) is 45.0 Å². The molecule has 0 amide bonds. The van der Waals surface area contributed by atoms with Crippen molar-refractivity contribution in [1.82, 2.24) is 5.32 Å². The van der Waals surface area contributed by atoms with E-state index in [1.807, 2.05) is 0 Å². The van der Waals surface area contributed by atoms with Crippen molar-refractivity contribution in [3.63, 3.8) is 0 Å². The number of rotatable bonds is 7. The summed E-state index contributed by atoms with van der Waals surface area (Å²) in [6.07, 6.45) is 5.37. The number of benzene rings is 1. The summed E-state index contributed by atoms with van der Waals surface area (Å²) in [4.78, 5) is 0. The van der Waals surface area contributed by atoms with E-state index in [1.54, 1.807) is 0 Å². The second kappa shape index (κ2) is 6.28. The van der Waals surface area contributed by atoms with Crippen molar-refractivity contribution in [1.29, 1.82) is 5.26 Å². The van der Waals surface area contributed by atoms with Crippen LogP contribution in [0.25, 0.3) is 0 Å². The highest BCUT2D eigenvalue weighted by Crippen LogP contribution is 2.49. The SMILES string of the molecule is N#CCC1(COc2c(Br)cc(CNC3CC3)cc2Br)CC1. The summed E-state index contributed by atoms with van der Waals surface area (Å²) >= 11 is 7.20. The molecule has 0 spiro atoms. The van der Waals surface area contributed by atoms with Gasteiger partial charge in [-0.25, -0.2) is 0 Å². The van der Waals surface area contributed by atoms with Crippen LogP contribution in [0.3, 0.4) is 0 Å². The molecule has 2 saturated carbocycles. The van der Waals surface area contributed by atoms with Crippen molar-refractivity contribution in [2.45, 2.75) is 44.7 Å². The van der Waals surface area contributed by atoms with Gasteiger partial charge < -0.3 is 10.1 Å². The Balaban J connectivity index is 1.63. The van der Waals surface area contributed by atoms with Gasteiger partial charge in [0.25, 0.3) is 0 Å². The molecule has 0 radical (unpaired) electrons. The summed E-state index contributed by atoms with van der Waals surface area (Å²) in [6, 6.07) is 7.20. The van der Waals surface area contributed by atoms with Gasteiger partial charge in [-0.15, -0.1) is 0 Å². The third-order valence-electron chi connectivity index (χ3n) is 4.16. The molecule has 112 valence electrons. The van der Waals surface area contributed by atoms with Crippen LogP contribution in [0.2, 0.25) is 0 Å². The van der Waals surface area contributed by atoms with Crippen molar-refractivity contribution in [3.05, 3.63) is 26.6 Å². The van der Waals surface area contributed by atoms with Gasteiger partial charge in [0.2, 0.25) is 0 Å². The van der Waals surface area contributed by atoms with Crippen LogP contribution in [0.1, 0.15) is 37.7 Å². The maximum atomic E-state index is 8.86. The highest BCUT2D eigenvalue weighted by molar-refractivity contribution is 9.11. The van der Waals surface area contributed by atoms with E-state index in [0.29, 0.717) is 19.1 Å². The van der Waals surface area contributed by atoms with E-state index >= 15 is 0 Å². The highest BCUT2D eigenvalue weighted by atomic mass is 79.9. The average Bonchev–Trinajstić information content (AvgIpc) is 3.32. The van der Waals surface area contributed by atoms with E-state index in [1.165, 1.54) is 18.4 Å². The van der Waals surface area contributed by atoms with Crippen molar-refractivity contribution in [2.75, 3.05) is 6.61 Å². The quantitative estimate of drug-likeness (QED) is 0.713. The molecule has 21 heavy (non-hydrogen) atoms. The Labute approximate surface area is 142 Å². The van der Waals surface area contributed by atoms with Gasteiger partial charge in [0.15, 0.2) is 0 Å². The van der Waals surface area contributed by atoms with Gasteiger partial charge in [0.1, 0.15) is 5.75 Å². The zero-order valence-electron chi connectivity index (χ0n) is 11.8. The predicted molar refractivity (Wildman–Crippen MR) is 89.1 cm³/mol. The van der Waals surface area contributed by atoms with Gasteiger partial charge in [0.05, 0.1) is 21.6 Å². The smallest absolute Gasteiger partial charge is 0.147 e. The molecular weight excluding hydrogens is 396 g/mol. The van der Waals surface area contributed by atoms with Crippen LogP contribution in [-0.2, 0) is 6.54 Å². The maximum absolute atomic E-state index is 8.86. The molecule has 1 aromatic carbocycles. The number of hydrogen-bond acceptors (Lipinski definition) is 3. The fourth-order valence-electron chi connectivity index (χ4n) is 2.34. The second-order valence-electron chi connectivity index (χ2n) is 6.17. The van der Waals surface area contributed by atoms with Crippen molar-refractivity contribution in [3.8, 4) is 11.8 Å². The largest absolute Gasteiger partial charge is 0.491 e. The molecule has 2 aliphatic rings. The minimum Gasteiger partial charge on any atom is -0.491 e. The normalized spacial score (nSPS) is 19.1. The monoisotopic (exact) mass is 412 g/mol. The van der Waals surface area contributed by atoms with E-state index in [-0.39, 0.29) is 5.41 Å². The lowest BCUT2D eigenvalue weighted by atomic mass is 10.1.